The summed E-state index contributed by atoms with van der Waals surface area (Å²) in [5.41, 5.74) is 0. The van der Waals surface area contributed by atoms with Gasteiger partial charge in [-0.3, -0.25) is 0 Å². The molecule has 98 valence electrons. The Hall–Kier alpha value is -1.16. The first kappa shape index (κ1) is 13.3. The fourth-order valence-electron chi connectivity index (χ4n) is 1.82. The molecule has 0 radical (unpaired) electrons. The number of benzene rings is 1. The first-order chi connectivity index (χ1) is 8.75. The minimum absolute atomic E-state index is 0.0388. The second-order valence-electron chi connectivity index (χ2n) is 4.69. The van der Waals surface area contributed by atoms with Crippen LogP contribution in [-0.4, -0.2) is 24.4 Å². The SMILES string of the molecule is CC(NC(=O)NCCSc1ccccc1)C1CC1. The second kappa shape index (κ2) is 6.69. The molecular weight excluding hydrogens is 244 g/mol. The minimum Gasteiger partial charge on any atom is -0.337 e. The van der Waals surface area contributed by atoms with Crippen molar-refractivity contribution >= 4 is 17.8 Å². The van der Waals surface area contributed by atoms with Gasteiger partial charge in [-0.1, -0.05) is 18.2 Å². The molecule has 1 saturated carbocycles. The Morgan fingerprint density at radius 3 is 2.78 bits per heavy atom. The van der Waals surface area contributed by atoms with Crippen LogP contribution in [-0.2, 0) is 0 Å². The predicted molar refractivity (Wildman–Crippen MR) is 75.9 cm³/mol. The summed E-state index contributed by atoms with van der Waals surface area (Å²) in [4.78, 5) is 12.8. The normalized spacial score (nSPS) is 16.1. The minimum atomic E-state index is -0.0388. The fraction of sp³-hybridized carbons (Fsp3) is 0.500. The third-order valence-electron chi connectivity index (χ3n) is 3.09. The van der Waals surface area contributed by atoms with E-state index in [2.05, 4.69) is 29.7 Å². The lowest BCUT2D eigenvalue weighted by Gasteiger charge is -2.13. The molecule has 2 rings (SSSR count). The van der Waals surface area contributed by atoms with Crippen LogP contribution in [0.3, 0.4) is 0 Å². The Morgan fingerprint density at radius 2 is 2.11 bits per heavy atom. The lowest BCUT2D eigenvalue weighted by molar-refractivity contribution is 0.237. The third-order valence-corrected chi connectivity index (χ3v) is 4.10. The van der Waals surface area contributed by atoms with Gasteiger partial charge >= 0.3 is 6.03 Å². The maximum absolute atomic E-state index is 11.6. The van der Waals surface area contributed by atoms with Gasteiger partial charge in [-0.05, 0) is 37.8 Å². The molecule has 0 spiro atoms. The number of carbonyl (C=O) groups is 1. The van der Waals surface area contributed by atoms with Crippen molar-refractivity contribution < 1.29 is 4.79 Å². The molecule has 1 unspecified atom stereocenters. The monoisotopic (exact) mass is 264 g/mol. The summed E-state index contributed by atoms with van der Waals surface area (Å²) < 4.78 is 0. The van der Waals surface area contributed by atoms with Crippen molar-refractivity contribution in [2.75, 3.05) is 12.3 Å². The van der Waals surface area contributed by atoms with Gasteiger partial charge in [0.2, 0.25) is 0 Å². The van der Waals surface area contributed by atoms with Crippen LogP contribution < -0.4 is 10.6 Å². The van der Waals surface area contributed by atoms with Crippen molar-refractivity contribution in [2.24, 2.45) is 5.92 Å². The van der Waals surface area contributed by atoms with E-state index in [0.29, 0.717) is 18.5 Å². The maximum Gasteiger partial charge on any atom is 0.315 e. The molecule has 1 aliphatic rings. The van der Waals surface area contributed by atoms with Crippen molar-refractivity contribution in [3.05, 3.63) is 30.3 Å². The number of urea groups is 1. The molecule has 2 N–H and O–H groups in total. The summed E-state index contributed by atoms with van der Waals surface area (Å²) >= 11 is 1.76. The molecule has 18 heavy (non-hydrogen) atoms. The predicted octanol–water partition coefficient (Wildman–Crippen LogP) is 2.88. The highest BCUT2D eigenvalue weighted by Gasteiger charge is 2.28. The summed E-state index contributed by atoms with van der Waals surface area (Å²) in [7, 11) is 0. The Kier molecular flexibility index (Phi) is 4.93. The Morgan fingerprint density at radius 1 is 1.39 bits per heavy atom. The zero-order chi connectivity index (χ0) is 12.8. The van der Waals surface area contributed by atoms with Crippen LogP contribution in [0.5, 0.6) is 0 Å². The molecule has 1 aromatic rings. The Bertz CT molecular complexity index is 379. The topological polar surface area (TPSA) is 41.1 Å². The molecule has 0 bridgehead atoms. The van der Waals surface area contributed by atoms with Crippen molar-refractivity contribution in [2.45, 2.75) is 30.7 Å². The van der Waals surface area contributed by atoms with Crippen molar-refractivity contribution in [1.29, 1.82) is 0 Å². The lowest BCUT2D eigenvalue weighted by Crippen LogP contribution is -2.42. The third kappa shape index (κ3) is 4.61. The number of hydrogen-bond donors (Lipinski definition) is 2. The number of rotatable bonds is 6. The lowest BCUT2D eigenvalue weighted by atomic mass is 10.2. The van der Waals surface area contributed by atoms with E-state index in [1.54, 1.807) is 11.8 Å². The average Bonchev–Trinajstić information content (AvgIpc) is 3.20. The van der Waals surface area contributed by atoms with Crippen molar-refractivity contribution in [1.82, 2.24) is 10.6 Å². The number of nitrogens with one attached hydrogen (secondary N) is 2. The quantitative estimate of drug-likeness (QED) is 0.613. The van der Waals surface area contributed by atoms with Gasteiger partial charge < -0.3 is 10.6 Å². The summed E-state index contributed by atoms with van der Waals surface area (Å²) in [6.45, 7) is 2.78. The van der Waals surface area contributed by atoms with E-state index in [9.17, 15) is 4.79 Å². The molecule has 2 amide bonds. The molecular formula is C14H20N2OS. The van der Waals surface area contributed by atoms with E-state index < -0.39 is 0 Å². The van der Waals surface area contributed by atoms with E-state index in [4.69, 9.17) is 0 Å². The van der Waals surface area contributed by atoms with E-state index in [-0.39, 0.29) is 6.03 Å². The van der Waals surface area contributed by atoms with E-state index in [0.717, 1.165) is 5.75 Å². The van der Waals surface area contributed by atoms with Crippen LogP contribution in [0, 0.1) is 5.92 Å². The highest BCUT2D eigenvalue weighted by Crippen LogP contribution is 2.32. The van der Waals surface area contributed by atoms with Crippen LogP contribution in [0.25, 0.3) is 0 Å². The standard InChI is InChI=1S/C14H20N2OS/c1-11(12-7-8-12)16-14(17)15-9-10-18-13-5-3-2-4-6-13/h2-6,11-12H,7-10H2,1H3,(H2,15,16,17). The first-order valence-electron chi connectivity index (χ1n) is 6.48. The number of hydrogen-bond acceptors (Lipinski definition) is 2. The first-order valence-corrected chi connectivity index (χ1v) is 7.46. The molecule has 3 nitrogen and oxygen atoms in total. The Labute approximate surface area is 113 Å². The molecule has 0 saturated heterocycles. The number of carbonyl (C=O) groups excluding carboxylic acids is 1. The molecule has 1 atom stereocenters. The summed E-state index contributed by atoms with van der Waals surface area (Å²) in [6.07, 6.45) is 2.51. The van der Waals surface area contributed by atoms with Gasteiger partial charge in [0, 0.05) is 23.2 Å². The molecule has 0 heterocycles. The van der Waals surface area contributed by atoms with Crippen LogP contribution in [0.15, 0.2) is 35.2 Å². The van der Waals surface area contributed by atoms with Crippen LogP contribution in [0.4, 0.5) is 4.79 Å². The molecule has 1 aromatic carbocycles. The van der Waals surface area contributed by atoms with Crippen LogP contribution in [0.1, 0.15) is 19.8 Å². The number of amides is 2. The van der Waals surface area contributed by atoms with Gasteiger partial charge in [0.15, 0.2) is 0 Å². The summed E-state index contributed by atoms with van der Waals surface area (Å²) in [6, 6.07) is 10.5. The zero-order valence-corrected chi connectivity index (χ0v) is 11.5. The van der Waals surface area contributed by atoms with Gasteiger partial charge in [-0.2, -0.15) is 0 Å². The summed E-state index contributed by atoms with van der Waals surface area (Å²) in [5.74, 6) is 1.60. The van der Waals surface area contributed by atoms with Gasteiger partial charge in [0.05, 0.1) is 0 Å². The Balaban J connectivity index is 1.56. The molecule has 1 aliphatic carbocycles. The van der Waals surface area contributed by atoms with E-state index in [1.807, 2.05) is 18.2 Å². The average molecular weight is 264 g/mol. The van der Waals surface area contributed by atoms with Gasteiger partial charge in [-0.15, -0.1) is 11.8 Å². The van der Waals surface area contributed by atoms with E-state index >= 15 is 0 Å². The largest absolute Gasteiger partial charge is 0.337 e. The fourth-order valence-corrected chi connectivity index (χ4v) is 2.61. The van der Waals surface area contributed by atoms with Crippen LogP contribution >= 0.6 is 11.8 Å². The summed E-state index contributed by atoms with van der Waals surface area (Å²) in [5, 5.41) is 5.88. The molecule has 4 heteroatoms. The van der Waals surface area contributed by atoms with Crippen LogP contribution in [0.2, 0.25) is 0 Å². The van der Waals surface area contributed by atoms with Gasteiger partial charge in [0.25, 0.3) is 0 Å². The zero-order valence-electron chi connectivity index (χ0n) is 10.7. The second-order valence-corrected chi connectivity index (χ2v) is 5.86. The molecule has 1 fully saturated rings. The highest BCUT2D eigenvalue weighted by molar-refractivity contribution is 7.99. The highest BCUT2D eigenvalue weighted by atomic mass is 32.2. The molecule has 0 aromatic heterocycles. The smallest absolute Gasteiger partial charge is 0.315 e. The van der Waals surface area contributed by atoms with Crippen molar-refractivity contribution in [3.8, 4) is 0 Å². The van der Waals surface area contributed by atoms with Gasteiger partial charge in [-0.25, -0.2) is 4.79 Å². The van der Waals surface area contributed by atoms with Gasteiger partial charge in [0.1, 0.15) is 0 Å². The molecule has 0 aliphatic heterocycles. The number of thioether (sulfide) groups is 1. The van der Waals surface area contributed by atoms with E-state index in [1.165, 1.54) is 17.7 Å². The maximum atomic E-state index is 11.6. The van der Waals surface area contributed by atoms with Crippen molar-refractivity contribution in [3.63, 3.8) is 0 Å².